The Kier molecular flexibility index (Phi) is 10.7. The summed E-state index contributed by atoms with van der Waals surface area (Å²) in [6, 6.07) is 20.5. The maximum absolute atomic E-state index is 12.9. The van der Waals surface area contributed by atoms with Crippen LogP contribution in [0.5, 0.6) is 11.5 Å². The van der Waals surface area contributed by atoms with Crippen LogP contribution in [0, 0.1) is 0 Å². The lowest BCUT2D eigenvalue weighted by Crippen LogP contribution is -2.46. The summed E-state index contributed by atoms with van der Waals surface area (Å²) >= 11 is 6.08. The SMILES string of the molecule is CC(=O)OOc1cccc(COc2ccc(CCNC(C(=O)OC(C)(C)C)[C@H](O)c3cccc(Cl)c3)cc2)c1. The van der Waals surface area contributed by atoms with Gasteiger partial charge in [0.2, 0.25) is 0 Å². The second-order valence-electron chi connectivity index (χ2n) is 9.95. The number of halogens is 1. The average molecular weight is 556 g/mol. The molecule has 0 saturated carbocycles. The highest BCUT2D eigenvalue weighted by atomic mass is 35.5. The van der Waals surface area contributed by atoms with Crippen LogP contribution in [-0.2, 0) is 32.2 Å². The minimum Gasteiger partial charge on any atom is -0.489 e. The Labute approximate surface area is 233 Å². The molecule has 0 radical (unpaired) electrons. The van der Waals surface area contributed by atoms with E-state index in [4.69, 9.17) is 26.0 Å². The molecule has 0 aromatic heterocycles. The number of carbonyl (C=O) groups excluding carboxylic acids is 2. The van der Waals surface area contributed by atoms with E-state index in [-0.39, 0.29) is 0 Å². The average Bonchev–Trinajstić information content (AvgIpc) is 2.88. The first-order valence-corrected chi connectivity index (χ1v) is 12.9. The molecule has 0 bridgehead atoms. The fourth-order valence-electron chi connectivity index (χ4n) is 3.66. The molecule has 0 heterocycles. The van der Waals surface area contributed by atoms with Gasteiger partial charge in [-0.15, -0.1) is 0 Å². The number of esters is 1. The third-order valence-electron chi connectivity index (χ3n) is 5.43. The van der Waals surface area contributed by atoms with E-state index in [2.05, 4.69) is 10.2 Å². The third-order valence-corrected chi connectivity index (χ3v) is 5.66. The van der Waals surface area contributed by atoms with Crippen LogP contribution in [0.3, 0.4) is 0 Å². The molecule has 0 saturated heterocycles. The molecule has 0 amide bonds. The maximum Gasteiger partial charge on any atom is 0.352 e. The number of aliphatic hydroxyl groups is 1. The molecular weight excluding hydrogens is 522 g/mol. The molecule has 0 aliphatic rings. The molecule has 1 unspecified atom stereocenters. The molecule has 208 valence electrons. The minimum atomic E-state index is -1.13. The Hall–Kier alpha value is -3.59. The lowest BCUT2D eigenvalue weighted by Gasteiger charge is -2.27. The van der Waals surface area contributed by atoms with Crippen molar-refractivity contribution in [3.63, 3.8) is 0 Å². The molecule has 0 spiro atoms. The van der Waals surface area contributed by atoms with Crippen molar-refractivity contribution in [2.45, 2.75) is 58.5 Å². The molecule has 8 nitrogen and oxygen atoms in total. The zero-order valence-corrected chi connectivity index (χ0v) is 23.2. The van der Waals surface area contributed by atoms with E-state index >= 15 is 0 Å². The van der Waals surface area contributed by atoms with Gasteiger partial charge in [0.1, 0.15) is 30.1 Å². The number of nitrogens with one attached hydrogen (secondary N) is 1. The van der Waals surface area contributed by atoms with Gasteiger partial charge in [0, 0.05) is 18.5 Å². The van der Waals surface area contributed by atoms with Crippen LogP contribution in [0.4, 0.5) is 0 Å². The van der Waals surface area contributed by atoms with Crippen molar-refractivity contribution in [2.24, 2.45) is 0 Å². The van der Waals surface area contributed by atoms with Gasteiger partial charge in [-0.3, -0.25) is 14.6 Å². The van der Waals surface area contributed by atoms with Crippen LogP contribution in [0.15, 0.2) is 72.8 Å². The molecule has 0 fully saturated rings. The van der Waals surface area contributed by atoms with Gasteiger partial charge in [0.05, 0.1) is 0 Å². The van der Waals surface area contributed by atoms with Gasteiger partial charge in [-0.2, -0.15) is 0 Å². The molecule has 0 aliphatic heterocycles. The van der Waals surface area contributed by atoms with Gasteiger partial charge in [-0.1, -0.05) is 48.0 Å². The molecular formula is C30H34ClNO7. The molecule has 3 aromatic rings. The Bertz CT molecular complexity index is 1240. The largest absolute Gasteiger partial charge is 0.489 e. The monoisotopic (exact) mass is 555 g/mol. The first-order chi connectivity index (χ1) is 18.5. The van der Waals surface area contributed by atoms with Gasteiger partial charge >= 0.3 is 11.9 Å². The molecule has 0 aliphatic carbocycles. The van der Waals surface area contributed by atoms with Gasteiger partial charge in [-0.25, -0.2) is 4.79 Å². The van der Waals surface area contributed by atoms with Crippen molar-refractivity contribution < 1.29 is 33.9 Å². The third kappa shape index (κ3) is 10.2. The smallest absolute Gasteiger partial charge is 0.352 e. The summed E-state index contributed by atoms with van der Waals surface area (Å²) in [7, 11) is 0. The van der Waals surface area contributed by atoms with E-state index in [1.807, 2.05) is 30.3 Å². The van der Waals surface area contributed by atoms with Crippen LogP contribution in [0.1, 0.15) is 50.5 Å². The highest BCUT2D eigenvalue weighted by Gasteiger charge is 2.32. The number of benzene rings is 3. The molecule has 3 aromatic carbocycles. The fraction of sp³-hybridized carbons (Fsp3) is 0.333. The van der Waals surface area contributed by atoms with Gasteiger partial charge in [-0.05, 0) is 80.3 Å². The number of aliphatic hydroxyl groups excluding tert-OH is 1. The van der Waals surface area contributed by atoms with Gasteiger partial charge < -0.3 is 19.9 Å². The van der Waals surface area contributed by atoms with E-state index in [1.54, 1.807) is 63.2 Å². The van der Waals surface area contributed by atoms with E-state index in [0.717, 1.165) is 11.1 Å². The standard InChI is InChI=1S/C30H34ClNO7/c1-20(33)38-39-26-10-5-7-22(17-26)19-36-25-13-11-21(12-14-25)15-16-32-27(29(35)37-30(2,3)4)28(34)23-8-6-9-24(31)18-23/h5-14,17-18,27-28,32,34H,15-16,19H2,1-4H3/t27?,28-/m1/s1. The zero-order chi connectivity index (χ0) is 28.4. The Morgan fingerprint density at radius 2 is 1.67 bits per heavy atom. The summed E-state index contributed by atoms with van der Waals surface area (Å²) < 4.78 is 11.4. The normalized spacial score (nSPS) is 12.8. The summed E-state index contributed by atoms with van der Waals surface area (Å²) in [5.74, 6) is 0.00554. The molecule has 9 heteroatoms. The van der Waals surface area contributed by atoms with Crippen molar-refractivity contribution in [2.75, 3.05) is 6.54 Å². The molecule has 2 N–H and O–H groups in total. The highest BCUT2D eigenvalue weighted by molar-refractivity contribution is 6.30. The fourth-order valence-corrected chi connectivity index (χ4v) is 3.86. The molecule has 39 heavy (non-hydrogen) atoms. The summed E-state index contributed by atoms with van der Waals surface area (Å²) in [5, 5.41) is 14.6. The quantitative estimate of drug-likeness (QED) is 0.175. The number of carbonyl (C=O) groups is 2. The lowest BCUT2D eigenvalue weighted by atomic mass is 10.0. The Balaban J connectivity index is 1.56. The van der Waals surface area contributed by atoms with Crippen LogP contribution < -0.4 is 14.9 Å². The molecule has 2 atom stereocenters. The second-order valence-corrected chi connectivity index (χ2v) is 10.4. The summed E-state index contributed by atoms with van der Waals surface area (Å²) in [6.45, 7) is 7.34. The predicted molar refractivity (Wildman–Crippen MR) is 147 cm³/mol. The van der Waals surface area contributed by atoms with E-state index in [0.29, 0.717) is 41.7 Å². The maximum atomic E-state index is 12.9. The van der Waals surface area contributed by atoms with Crippen molar-refractivity contribution in [1.82, 2.24) is 5.32 Å². The van der Waals surface area contributed by atoms with Crippen molar-refractivity contribution in [1.29, 1.82) is 0 Å². The van der Waals surface area contributed by atoms with Crippen molar-refractivity contribution in [3.8, 4) is 11.5 Å². The van der Waals surface area contributed by atoms with Crippen LogP contribution in [0.2, 0.25) is 5.02 Å². The zero-order valence-electron chi connectivity index (χ0n) is 22.5. The van der Waals surface area contributed by atoms with E-state index in [1.165, 1.54) is 6.92 Å². The Morgan fingerprint density at radius 1 is 0.949 bits per heavy atom. The minimum absolute atomic E-state index is 0.303. The van der Waals surface area contributed by atoms with Crippen molar-refractivity contribution >= 4 is 23.5 Å². The highest BCUT2D eigenvalue weighted by Crippen LogP contribution is 2.23. The predicted octanol–water partition coefficient (Wildman–Crippen LogP) is 5.35. The van der Waals surface area contributed by atoms with Crippen molar-refractivity contribution in [3.05, 3.63) is 94.5 Å². The van der Waals surface area contributed by atoms with Gasteiger partial charge in [0.15, 0.2) is 5.75 Å². The van der Waals surface area contributed by atoms with Crippen LogP contribution in [0.25, 0.3) is 0 Å². The summed E-state index contributed by atoms with van der Waals surface area (Å²) in [4.78, 5) is 33.3. The van der Waals surface area contributed by atoms with E-state index < -0.39 is 29.7 Å². The second kappa shape index (κ2) is 14.0. The first kappa shape index (κ1) is 30.0. The Morgan fingerprint density at radius 3 is 2.33 bits per heavy atom. The van der Waals surface area contributed by atoms with Crippen LogP contribution >= 0.6 is 11.6 Å². The van der Waals surface area contributed by atoms with E-state index in [9.17, 15) is 14.7 Å². The van der Waals surface area contributed by atoms with Gasteiger partial charge in [0.25, 0.3) is 0 Å². The summed E-state index contributed by atoms with van der Waals surface area (Å²) in [6.07, 6.45) is -0.524. The number of hydrogen-bond acceptors (Lipinski definition) is 8. The number of ether oxygens (including phenoxy) is 2. The molecule has 3 rings (SSSR count). The van der Waals surface area contributed by atoms with Crippen LogP contribution in [-0.4, -0.2) is 35.2 Å². The lowest BCUT2D eigenvalue weighted by molar-refractivity contribution is -0.210. The summed E-state index contributed by atoms with van der Waals surface area (Å²) in [5.41, 5.74) is 1.69. The first-order valence-electron chi connectivity index (χ1n) is 12.6. The topological polar surface area (TPSA) is 103 Å². The number of rotatable bonds is 12. The number of hydrogen-bond donors (Lipinski definition) is 2.